The third kappa shape index (κ3) is 2.35. The van der Waals surface area contributed by atoms with Crippen LogP contribution in [0.2, 0.25) is 0 Å². The molecule has 1 heterocycles. The maximum Gasteiger partial charge on any atom is 0.225 e. The molecular weight excluding hydrogens is 276 g/mol. The monoisotopic (exact) mass is 300 g/mol. The van der Waals surface area contributed by atoms with Crippen molar-refractivity contribution in [2.24, 2.45) is 11.3 Å². The first kappa shape index (κ1) is 15.2. The van der Waals surface area contributed by atoms with Gasteiger partial charge in [0.05, 0.1) is 11.3 Å². The molecule has 1 N–H and O–H groups in total. The van der Waals surface area contributed by atoms with Crippen molar-refractivity contribution in [2.45, 2.75) is 32.7 Å². The summed E-state index contributed by atoms with van der Waals surface area (Å²) >= 11 is 0. The van der Waals surface area contributed by atoms with Crippen LogP contribution in [0.25, 0.3) is 0 Å². The highest BCUT2D eigenvalue weighted by atomic mass is 16.2. The number of benzene rings is 1. The van der Waals surface area contributed by atoms with Crippen molar-refractivity contribution in [2.75, 3.05) is 20.1 Å². The van der Waals surface area contributed by atoms with Crippen LogP contribution in [-0.4, -0.2) is 42.8 Å². The molecular formula is C18H24N2O2. The molecule has 118 valence electrons. The minimum atomic E-state index is -0.553. The number of aryl methyl sites for hydroxylation is 1. The van der Waals surface area contributed by atoms with Gasteiger partial charge in [0.2, 0.25) is 5.91 Å². The van der Waals surface area contributed by atoms with E-state index in [2.05, 4.69) is 10.2 Å². The number of Topliss-reactive ketones (excluding diaryl/α,β-unsaturated/α-hetero) is 1. The van der Waals surface area contributed by atoms with Crippen LogP contribution in [0.3, 0.4) is 0 Å². The Balaban J connectivity index is 1.97. The van der Waals surface area contributed by atoms with Gasteiger partial charge in [0, 0.05) is 24.7 Å². The average molecular weight is 300 g/mol. The molecule has 1 spiro atoms. The van der Waals surface area contributed by atoms with Crippen LogP contribution in [0.15, 0.2) is 24.3 Å². The van der Waals surface area contributed by atoms with Gasteiger partial charge >= 0.3 is 0 Å². The zero-order chi connectivity index (χ0) is 15.9. The molecule has 4 nitrogen and oxygen atoms in total. The van der Waals surface area contributed by atoms with E-state index in [-0.39, 0.29) is 23.7 Å². The second-order valence-electron chi connectivity index (χ2n) is 7.06. The number of carbonyl (C=O) groups is 2. The first-order valence-corrected chi connectivity index (χ1v) is 8.05. The predicted molar refractivity (Wildman–Crippen MR) is 85.8 cm³/mol. The summed E-state index contributed by atoms with van der Waals surface area (Å²) in [6, 6.07) is 7.93. The first-order chi connectivity index (χ1) is 10.4. The Labute approximate surface area is 131 Å². The van der Waals surface area contributed by atoms with Crippen LogP contribution in [-0.2, 0) is 11.2 Å². The molecule has 1 aliphatic heterocycles. The average Bonchev–Trinajstić information content (AvgIpc) is 2.81. The smallest absolute Gasteiger partial charge is 0.225 e. The van der Waals surface area contributed by atoms with Gasteiger partial charge in [0.15, 0.2) is 5.78 Å². The van der Waals surface area contributed by atoms with Gasteiger partial charge in [-0.15, -0.1) is 0 Å². The van der Waals surface area contributed by atoms with Gasteiger partial charge < -0.3 is 10.2 Å². The van der Waals surface area contributed by atoms with E-state index in [0.29, 0.717) is 13.1 Å². The van der Waals surface area contributed by atoms with E-state index < -0.39 is 5.41 Å². The van der Waals surface area contributed by atoms with Gasteiger partial charge in [-0.2, -0.15) is 0 Å². The van der Waals surface area contributed by atoms with Crippen LogP contribution in [0, 0.1) is 11.3 Å². The van der Waals surface area contributed by atoms with Crippen molar-refractivity contribution >= 4 is 11.7 Å². The highest BCUT2D eigenvalue weighted by molar-refractivity contribution is 6.06. The van der Waals surface area contributed by atoms with E-state index >= 15 is 0 Å². The number of nitrogens with one attached hydrogen (secondary N) is 1. The summed E-state index contributed by atoms with van der Waals surface area (Å²) in [7, 11) is 2.00. The lowest BCUT2D eigenvalue weighted by Crippen LogP contribution is -2.49. The lowest BCUT2D eigenvalue weighted by atomic mass is 9.64. The van der Waals surface area contributed by atoms with Gasteiger partial charge in [-0.05, 0) is 39.3 Å². The summed E-state index contributed by atoms with van der Waals surface area (Å²) in [5, 5.41) is 3.00. The highest BCUT2D eigenvalue weighted by Crippen LogP contribution is 2.46. The molecule has 0 unspecified atom stereocenters. The van der Waals surface area contributed by atoms with Gasteiger partial charge in [0.25, 0.3) is 0 Å². The normalized spacial score (nSPS) is 28.2. The van der Waals surface area contributed by atoms with Crippen molar-refractivity contribution in [1.29, 1.82) is 0 Å². The first-order valence-electron chi connectivity index (χ1n) is 8.05. The van der Waals surface area contributed by atoms with E-state index in [4.69, 9.17) is 0 Å². The number of likely N-dealkylation sites (tertiary alicyclic amines) is 1. The van der Waals surface area contributed by atoms with Crippen molar-refractivity contribution in [3.8, 4) is 0 Å². The number of fused-ring (bicyclic) bond motifs is 1. The number of hydrogen-bond acceptors (Lipinski definition) is 3. The van der Waals surface area contributed by atoms with Crippen molar-refractivity contribution in [3.05, 3.63) is 35.4 Å². The summed E-state index contributed by atoms with van der Waals surface area (Å²) in [6.45, 7) is 5.26. The number of ketones is 1. The predicted octanol–water partition coefficient (Wildman–Crippen LogP) is 1.89. The van der Waals surface area contributed by atoms with Gasteiger partial charge in [-0.3, -0.25) is 9.59 Å². The second kappa shape index (κ2) is 5.51. The van der Waals surface area contributed by atoms with E-state index in [1.165, 1.54) is 0 Å². The number of rotatable bonds is 2. The number of hydrogen-bond donors (Lipinski definition) is 1. The van der Waals surface area contributed by atoms with Crippen LogP contribution in [0.4, 0.5) is 0 Å². The van der Waals surface area contributed by atoms with E-state index in [1.54, 1.807) is 0 Å². The summed E-state index contributed by atoms with van der Waals surface area (Å²) in [5.41, 5.74) is 1.38. The molecule has 22 heavy (non-hydrogen) atoms. The van der Waals surface area contributed by atoms with Gasteiger partial charge in [-0.1, -0.05) is 24.3 Å². The molecule has 1 amide bonds. The number of amides is 1. The number of nitrogens with zero attached hydrogens (tertiary/aromatic N) is 1. The summed E-state index contributed by atoms with van der Waals surface area (Å²) in [4.78, 5) is 27.9. The maximum absolute atomic E-state index is 13.2. The summed E-state index contributed by atoms with van der Waals surface area (Å²) in [6.07, 6.45) is 1.64. The van der Waals surface area contributed by atoms with Gasteiger partial charge in [0.1, 0.15) is 0 Å². The quantitative estimate of drug-likeness (QED) is 0.907. The van der Waals surface area contributed by atoms with E-state index in [9.17, 15) is 9.59 Å². The molecule has 1 aromatic carbocycles. The Morgan fingerprint density at radius 2 is 2.09 bits per heavy atom. The molecule has 1 fully saturated rings. The standard InChI is InChI=1S/C18H24N2O2/c1-12(2)19-17(22)15-10-20(3)11-18(15)9-8-13-6-4-5-7-14(13)16(18)21/h4-7,12,15H,8-11H2,1-3H3,(H,19,22)/t15-,18+/m0/s1. The molecule has 0 radical (unpaired) electrons. The van der Waals surface area contributed by atoms with Gasteiger partial charge in [-0.25, -0.2) is 0 Å². The van der Waals surface area contributed by atoms with E-state index in [1.807, 2.05) is 45.2 Å². The maximum atomic E-state index is 13.2. The van der Waals surface area contributed by atoms with Crippen LogP contribution in [0.1, 0.15) is 36.2 Å². The Kier molecular flexibility index (Phi) is 3.81. The van der Waals surface area contributed by atoms with Crippen LogP contribution < -0.4 is 5.32 Å². The SMILES string of the molecule is CC(C)NC(=O)[C@@H]1CN(C)C[C@]12CCc1ccccc1C2=O. The molecule has 0 saturated carbocycles. The van der Waals surface area contributed by atoms with Crippen LogP contribution in [0.5, 0.6) is 0 Å². The second-order valence-corrected chi connectivity index (χ2v) is 7.06. The Morgan fingerprint density at radius 1 is 1.36 bits per heavy atom. The minimum Gasteiger partial charge on any atom is -0.354 e. The van der Waals surface area contributed by atoms with Crippen molar-refractivity contribution in [1.82, 2.24) is 10.2 Å². The third-order valence-electron chi connectivity index (χ3n) is 5.02. The fraction of sp³-hybridized carbons (Fsp3) is 0.556. The molecule has 1 saturated heterocycles. The van der Waals surface area contributed by atoms with E-state index in [0.717, 1.165) is 24.0 Å². The molecule has 1 aromatic rings. The zero-order valence-electron chi connectivity index (χ0n) is 13.6. The summed E-state index contributed by atoms with van der Waals surface area (Å²) in [5.74, 6) is -0.0737. The topological polar surface area (TPSA) is 49.4 Å². The Hall–Kier alpha value is -1.68. The molecule has 0 bridgehead atoms. The fourth-order valence-electron chi connectivity index (χ4n) is 4.04. The van der Waals surface area contributed by atoms with Crippen molar-refractivity contribution < 1.29 is 9.59 Å². The lowest BCUT2D eigenvalue weighted by Gasteiger charge is -2.37. The molecule has 0 aromatic heterocycles. The molecule has 2 aliphatic rings. The Morgan fingerprint density at radius 3 is 2.82 bits per heavy atom. The molecule has 1 aliphatic carbocycles. The lowest BCUT2D eigenvalue weighted by molar-refractivity contribution is -0.127. The number of carbonyl (C=O) groups excluding carboxylic acids is 2. The fourth-order valence-corrected chi connectivity index (χ4v) is 4.04. The highest BCUT2D eigenvalue weighted by Gasteiger charge is 2.55. The molecule has 3 rings (SSSR count). The summed E-state index contributed by atoms with van der Waals surface area (Å²) < 4.78 is 0. The molecule has 4 heteroatoms. The zero-order valence-corrected chi connectivity index (χ0v) is 13.6. The largest absolute Gasteiger partial charge is 0.354 e. The van der Waals surface area contributed by atoms with Crippen LogP contribution >= 0.6 is 0 Å². The minimum absolute atomic E-state index is 0.0204. The Bertz CT molecular complexity index is 611. The molecule has 2 atom stereocenters. The third-order valence-corrected chi connectivity index (χ3v) is 5.02. The van der Waals surface area contributed by atoms with Crippen molar-refractivity contribution in [3.63, 3.8) is 0 Å².